The van der Waals surface area contributed by atoms with Crippen molar-refractivity contribution in [2.75, 3.05) is 6.54 Å². The van der Waals surface area contributed by atoms with Crippen molar-refractivity contribution in [2.45, 2.75) is 33.3 Å². The van der Waals surface area contributed by atoms with E-state index in [1.807, 2.05) is 0 Å². The van der Waals surface area contributed by atoms with Gasteiger partial charge in [0.1, 0.15) is 5.60 Å². The first-order chi connectivity index (χ1) is 9.60. The molecule has 1 unspecified atom stereocenters. The van der Waals surface area contributed by atoms with E-state index in [9.17, 15) is 19.8 Å². The van der Waals surface area contributed by atoms with Crippen molar-refractivity contribution in [2.24, 2.45) is 5.92 Å². The summed E-state index contributed by atoms with van der Waals surface area (Å²) in [6.45, 7) is 6.69. The van der Waals surface area contributed by atoms with Crippen LogP contribution >= 0.6 is 0 Å². The molecule has 0 aliphatic carbocycles. The molecule has 1 aromatic rings. The molecule has 1 atom stereocenters. The summed E-state index contributed by atoms with van der Waals surface area (Å²) in [5.74, 6) is -2.24. The highest BCUT2D eigenvalue weighted by molar-refractivity contribution is 5.74. The number of carbonyl (C=O) groups excluding carboxylic acids is 2. The number of aromatic hydroxyl groups is 2. The van der Waals surface area contributed by atoms with E-state index in [4.69, 9.17) is 9.57 Å². The van der Waals surface area contributed by atoms with Crippen LogP contribution in [0.5, 0.6) is 11.8 Å². The van der Waals surface area contributed by atoms with Crippen LogP contribution in [0.15, 0.2) is 12.1 Å². The molecule has 0 aromatic carbocycles. The molecule has 0 saturated heterocycles. The maximum Gasteiger partial charge on any atom is 0.407 e. The lowest BCUT2D eigenvalue weighted by atomic mass is 10.2. The molecule has 3 N–H and O–H groups in total. The maximum absolute atomic E-state index is 11.8. The van der Waals surface area contributed by atoms with Gasteiger partial charge in [-0.1, -0.05) is 6.92 Å². The van der Waals surface area contributed by atoms with Crippen LogP contribution in [0.25, 0.3) is 0 Å². The van der Waals surface area contributed by atoms with Gasteiger partial charge >= 0.3 is 12.1 Å². The number of rotatable bonds is 4. The lowest BCUT2D eigenvalue weighted by molar-refractivity contribution is -0.149. The molecule has 0 saturated carbocycles. The molecular weight excluding hydrogens is 280 g/mol. The Hall–Kier alpha value is -2.38. The molecule has 0 radical (unpaired) electrons. The van der Waals surface area contributed by atoms with E-state index in [-0.39, 0.29) is 6.54 Å². The number of ether oxygens (including phenoxy) is 1. The van der Waals surface area contributed by atoms with Gasteiger partial charge in [-0.25, -0.2) is 9.59 Å². The van der Waals surface area contributed by atoms with Gasteiger partial charge < -0.3 is 25.1 Å². The summed E-state index contributed by atoms with van der Waals surface area (Å²) in [6.07, 6.45) is -0.645. The SMILES string of the molecule is CC(CNC(=O)OC(C)(C)C)C(=O)On1c(O)ccc1O. The Bertz CT molecular complexity index is 498. The highest BCUT2D eigenvalue weighted by atomic mass is 16.7. The van der Waals surface area contributed by atoms with Crippen molar-refractivity contribution in [1.29, 1.82) is 0 Å². The number of carbonyl (C=O) groups is 2. The van der Waals surface area contributed by atoms with Crippen molar-refractivity contribution in [3.63, 3.8) is 0 Å². The summed E-state index contributed by atoms with van der Waals surface area (Å²) >= 11 is 0. The van der Waals surface area contributed by atoms with Crippen molar-refractivity contribution in [1.82, 2.24) is 10.0 Å². The van der Waals surface area contributed by atoms with E-state index in [2.05, 4.69) is 5.32 Å². The van der Waals surface area contributed by atoms with E-state index in [1.165, 1.54) is 19.1 Å². The number of hydrogen-bond donors (Lipinski definition) is 3. The van der Waals surface area contributed by atoms with Gasteiger partial charge in [-0.3, -0.25) is 0 Å². The molecule has 1 amide bonds. The number of alkyl carbamates (subject to hydrolysis) is 1. The summed E-state index contributed by atoms with van der Waals surface area (Å²) in [6, 6.07) is 2.35. The molecule has 21 heavy (non-hydrogen) atoms. The molecule has 8 heteroatoms. The summed E-state index contributed by atoms with van der Waals surface area (Å²) in [4.78, 5) is 28.0. The van der Waals surface area contributed by atoms with Gasteiger partial charge in [-0.15, -0.1) is 4.73 Å². The quantitative estimate of drug-likeness (QED) is 0.765. The number of hydrogen-bond acceptors (Lipinski definition) is 6. The summed E-state index contributed by atoms with van der Waals surface area (Å²) in [5.41, 5.74) is -0.628. The van der Waals surface area contributed by atoms with Gasteiger partial charge in [0.2, 0.25) is 11.8 Å². The van der Waals surface area contributed by atoms with Gasteiger partial charge in [0.05, 0.1) is 5.92 Å². The average molecular weight is 300 g/mol. The summed E-state index contributed by atoms with van der Waals surface area (Å²) in [5, 5.41) is 21.1. The van der Waals surface area contributed by atoms with Crippen LogP contribution in [0.2, 0.25) is 0 Å². The third-order valence-corrected chi connectivity index (χ3v) is 2.33. The molecule has 0 spiro atoms. The minimum atomic E-state index is -0.729. The predicted molar refractivity (Wildman–Crippen MR) is 72.7 cm³/mol. The Morgan fingerprint density at radius 2 is 1.81 bits per heavy atom. The number of nitrogens with one attached hydrogen (secondary N) is 1. The standard InChI is InChI=1S/C13H20N2O6/c1-8(7-14-12(19)20-13(2,3)4)11(18)21-15-9(16)5-6-10(15)17/h5-6,8,16-17H,7H2,1-4H3,(H,14,19). The molecule has 0 bridgehead atoms. The molecule has 0 aliphatic rings. The Morgan fingerprint density at radius 3 is 2.29 bits per heavy atom. The molecule has 1 rings (SSSR count). The molecule has 0 fully saturated rings. The lowest BCUT2D eigenvalue weighted by Gasteiger charge is -2.20. The van der Waals surface area contributed by atoms with Gasteiger partial charge in [-0.2, -0.15) is 0 Å². The van der Waals surface area contributed by atoms with Crippen LogP contribution in [-0.2, 0) is 9.53 Å². The Kier molecular flexibility index (Phi) is 5.07. The first-order valence-electron chi connectivity index (χ1n) is 6.39. The third-order valence-electron chi connectivity index (χ3n) is 2.33. The van der Waals surface area contributed by atoms with E-state index in [0.717, 1.165) is 0 Å². The topological polar surface area (TPSA) is 110 Å². The Labute approximate surface area is 122 Å². The van der Waals surface area contributed by atoms with Crippen molar-refractivity contribution >= 4 is 12.1 Å². The van der Waals surface area contributed by atoms with Gasteiger partial charge in [0.25, 0.3) is 0 Å². The number of nitrogens with zero attached hydrogens (tertiary/aromatic N) is 1. The van der Waals surface area contributed by atoms with Crippen LogP contribution in [-0.4, -0.2) is 39.2 Å². The van der Waals surface area contributed by atoms with E-state index in [0.29, 0.717) is 4.73 Å². The second kappa shape index (κ2) is 6.38. The molecule has 1 heterocycles. The van der Waals surface area contributed by atoms with Gasteiger partial charge in [0.15, 0.2) is 0 Å². The second-order valence-electron chi connectivity index (χ2n) is 5.54. The smallest absolute Gasteiger partial charge is 0.407 e. The third kappa shape index (κ3) is 5.25. The highest BCUT2D eigenvalue weighted by Crippen LogP contribution is 2.19. The Balaban J connectivity index is 2.47. The van der Waals surface area contributed by atoms with Crippen molar-refractivity contribution in [3.05, 3.63) is 12.1 Å². The minimum Gasteiger partial charge on any atom is -0.492 e. The normalized spacial score (nSPS) is 12.6. The van der Waals surface area contributed by atoms with Crippen LogP contribution in [0.1, 0.15) is 27.7 Å². The summed E-state index contributed by atoms with van der Waals surface area (Å²) in [7, 11) is 0. The monoisotopic (exact) mass is 300 g/mol. The first kappa shape index (κ1) is 16.7. The van der Waals surface area contributed by atoms with E-state index in [1.54, 1.807) is 20.8 Å². The molecule has 118 valence electrons. The lowest BCUT2D eigenvalue weighted by Crippen LogP contribution is -2.38. The number of amides is 1. The van der Waals surface area contributed by atoms with Crippen molar-refractivity contribution < 1.29 is 29.4 Å². The Morgan fingerprint density at radius 1 is 1.29 bits per heavy atom. The second-order valence-corrected chi connectivity index (χ2v) is 5.54. The van der Waals surface area contributed by atoms with E-state index < -0.39 is 35.3 Å². The van der Waals surface area contributed by atoms with Crippen LogP contribution in [0, 0.1) is 5.92 Å². The fraction of sp³-hybridized carbons (Fsp3) is 0.538. The summed E-state index contributed by atoms with van der Waals surface area (Å²) < 4.78 is 5.61. The van der Waals surface area contributed by atoms with Crippen LogP contribution in [0.4, 0.5) is 4.79 Å². The number of aromatic nitrogens is 1. The molecule has 1 aromatic heterocycles. The predicted octanol–water partition coefficient (Wildman–Crippen LogP) is 1.02. The zero-order valence-electron chi connectivity index (χ0n) is 12.4. The largest absolute Gasteiger partial charge is 0.492 e. The average Bonchev–Trinajstić information content (AvgIpc) is 2.65. The van der Waals surface area contributed by atoms with Gasteiger partial charge in [-0.05, 0) is 20.8 Å². The van der Waals surface area contributed by atoms with Crippen LogP contribution in [0.3, 0.4) is 0 Å². The molecule has 8 nitrogen and oxygen atoms in total. The first-order valence-corrected chi connectivity index (χ1v) is 6.39. The fourth-order valence-electron chi connectivity index (χ4n) is 1.31. The van der Waals surface area contributed by atoms with Crippen LogP contribution < -0.4 is 10.2 Å². The minimum absolute atomic E-state index is 0.00343. The highest BCUT2D eigenvalue weighted by Gasteiger charge is 2.21. The fourth-order valence-corrected chi connectivity index (χ4v) is 1.31. The van der Waals surface area contributed by atoms with Crippen molar-refractivity contribution in [3.8, 4) is 11.8 Å². The van der Waals surface area contributed by atoms with E-state index >= 15 is 0 Å². The van der Waals surface area contributed by atoms with Gasteiger partial charge in [0, 0.05) is 18.7 Å². The molecule has 0 aliphatic heterocycles. The maximum atomic E-state index is 11.8. The molecular formula is C13H20N2O6. The zero-order chi connectivity index (χ0) is 16.2. The zero-order valence-corrected chi connectivity index (χ0v) is 12.4.